The van der Waals surface area contributed by atoms with Crippen molar-refractivity contribution in [2.75, 3.05) is 4.90 Å². The second-order valence-corrected chi connectivity index (χ2v) is 3.99. The first kappa shape index (κ1) is 12.7. The van der Waals surface area contributed by atoms with Gasteiger partial charge in [-0.3, -0.25) is 25.0 Å². The first-order valence-corrected chi connectivity index (χ1v) is 5.32. The van der Waals surface area contributed by atoms with Crippen molar-refractivity contribution in [3.8, 4) is 0 Å². The molecule has 1 N–H and O–H groups in total. The molecule has 0 bridgehead atoms. The molecule has 4 amide bonds. The van der Waals surface area contributed by atoms with Gasteiger partial charge in [-0.05, 0) is 19.1 Å². The molecule has 0 atom stereocenters. The molecular weight excluding hydrogens is 254 g/mol. The Labute approximate surface area is 107 Å². The molecule has 1 fully saturated rings. The van der Waals surface area contributed by atoms with E-state index in [4.69, 9.17) is 0 Å². The number of barbiturate groups is 1. The van der Waals surface area contributed by atoms with Gasteiger partial charge in [0.25, 0.3) is 5.69 Å². The summed E-state index contributed by atoms with van der Waals surface area (Å²) in [5.74, 6) is -1.33. The van der Waals surface area contributed by atoms with Gasteiger partial charge in [0.05, 0.1) is 10.6 Å². The van der Waals surface area contributed by atoms with Crippen molar-refractivity contribution in [3.63, 3.8) is 0 Å². The van der Waals surface area contributed by atoms with Gasteiger partial charge in [0.15, 0.2) is 0 Å². The van der Waals surface area contributed by atoms with E-state index in [0.29, 0.717) is 5.56 Å². The summed E-state index contributed by atoms with van der Waals surface area (Å²) in [5, 5.41) is 12.7. The van der Waals surface area contributed by atoms with Crippen molar-refractivity contribution in [2.45, 2.75) is 13.3 Å². The van der Waals surface area contributed by atoms with E-state index >= 15 is 0 Å². The van der Waals surface area contributed by atoms with Gasteiger partial charge in [0.2, 0.25) is 11.8 Å². The zero-order valence-corrected chi connectivity index (χ0v) is 9.87. The molecule has 1 heterocycles. The first-order valence-electron chi connectivity index (χ1n) is 5.32. The maximum Gasteiger partial charge on any atom is 0.335 e. The molecule has 8 nitrogen and oxygen atoms in total. The second-order valence-electron chi connectivity index (χ2n) is 3.99. The summed E-state index contributed by atoms with van der Waals surface area (Å²) in [7, 11) is 0. The van der Waals surface area contributed by atoms with Crippen LogP contribution in [0.4, 0.5) is 16.2 Å². The lowest BCUT2D eigenvalue weighted by Gasteiger charge is -2.24. The van der Waals surface area contributed by atoms with E-state index in [1.807, 2.05) is 5.32 Å². The summed E-state index contributed by atoms with van der Waals surface area (Å²) in [5.41, 5.74) is 0.405. The lowest BCUT2D eigenvalue weighted by molar-refractivity contribution is -0.385. The summed E-state index contributed by atoms with van der Waals surface area (Å²) in [6, 6.07) is 3.00. The molecule has 0 saturated carbocycles. The third-order valence-electron chi connectivity index (χ3n) is 2.65. The van der Waals surface area contributed by atoms with Crippen LogP contribution >= 0.6 is 0 Å². The number of nitro groups is 1. The number of hydrogen-bond donors (Lipinski definition) is 1. The number of nitrogens with zero attached hydrogens (tertiary/aromatic N) is 2. The van der Waals surface area contributed by atoms with Crippen LogP contribution in [-0.4, -0.2) is 22.8 Å². The summed E-state index contributed by atoms with van der Waals surface area (Å²) in [6.07, 6.45) is -0.429. The molecule has 0 radical (unpaired) electrons. The molecular formula is C11H9N3O5. The Hall–Kier alpha value is -2.77. The zero-order chi connectivity index (χ0) is 14.2. The molecule has 1 aliphatic heterocycles. The monoisotopic (exact) mass is 263 g/mol. The third-order valence-corrected chi connectivity index (χ3v) is 2.65. The van der Waals surface area contributed by atoms with Crippen LogP contribution in [0.25, 0.3) is 0 Å². The van der Waals surface area contributed by atoms with Gasteiger partial charge in [0, 0.05) is 11.6 Å². The minimum absolute atomic E-state index is 0.107. The van der Waals surface area contributed by atoms with Gasteiger partial charge < -0.3 is 0 Å². The second kappa shape index (κ2) is 4.48. The Kier molecular flexibility index (Phi) is 2.99. The Morgan fingerprint density at radius 3 is 2.53 bits per heavy atom. The third kappa shape index (κ3) is 2.28. The summed E-state index contributed by atoms with van der Waals surface area (Å²) in [4.78, 5) is 45.2. The standard InChI is InChI=1S/C11H9N3O5/c1-6-4-7(2-3-8(6)14(18)19)13-10(16)5-9(15)12-11(13)17/h2-4H,5H2,1H3,(H,12,15,17). The minimum Gasteiger partial charge on any atom is -0.277 e. The van der Waals surface area contributed by atoms with Gasteiger partial charge >= 0.3 is 6.03 Å². The minimum atomic E-state index is -0.852. The lowest BCUT2D eigenvalue weighted by Crippen LogP contribution is -2.52. The van der Waals surface area contributed by atoms with Crippen LogP contribution in [0.15, 0.2) is 18.2 Å². The van der Waals surface area contributed by atoms with Crippen molar-refractivity contribution < 1.29 is 19.3 Å². The average Bonchev–Trinajstić information content (AvgIpc) is 2.26. The first-order chi connectivity index (χ1) is 8.90. The highest BCUT2D eigenvalue weighted by molar-refractivity contribution is 6.26. The number of benzene rings is 1. The summed E-state index contributed by atoms with van der Waals surface area (Å²) in [6.45, 7) is 1.50. The lowest BCUT2D eigenvalue weighted by atomic mass is 10.1. The Morgan fingerprint density at radius 2 is 2.00 bits per heavy atom. The van der Waals surface area contributed by atoms with E-state index in [0.717, 1.165) is 4.90 Å². The SMILES string of the molecule is Cc1cc(N2C(=O)CC(=O)NC2=O)ccc1[N+](=O)[O-]. The van der Waals surface area contributed by atoms with Crippen LogP contribution < -0.4 is 10.2 Å². The van der Waals surface area contributed by atoms with Crippen molar-refractivity contribution in [3.05, 3.63) is 33.9 Å². The predicted octanol–water partition coefficient (Wildman–Crippen LogP) is 0.876. The number of nitro benzene ring substituents is 1. The van der Waals surface area contributed by atoms with Crippen molar-refractivity contribution >= 4 is 29.2 Å². The Morgan fingerprint density at radius 1 is 1.32 bits per heavy atom. The topological polar surface area (TPSA) is 110 Å². The number of aryl methyl sites for hydroxylation is 1. The molecule has 0 unspecified atom stereocenters. The fourth-order valence-corrected chi connectivity index (χ4v) is 1.79. The van der Waals surface area contributed by atoms with Gasteiger partial charge in [-0.2, -0.15) is 0 Å². The number of anilines is 1. The molecule has 98 valence electrons. The van der Waals surface area contributed by atoms with Crippen molar-refractivity contribution in [1.82, 2.24) is 5.32 Å². The van der Waals surface area contributed by atoms with Crippen LogP contribution in [0.1, 0.15) is 12.0 Å². The number of carbonyl (C=O) groups is 3. The highest BCUT2D eigenvalue weighted by Gasteiger charge is 2.32. The van der Waals surface area contributed by atoms with Gasteiger partial charge in [0.1, 0.15) is 6.42 Å². The van der Waals surface area contributed by atoms with E-state index in [-0.39, 0.29) is 11.4 Å². The molecule has 0 aromatic heterocycles. The number of urea groups is 1. The molecule has 8 heteroatoms. The highest BCUT2D eigenvalue weighted by atomic mass is 16.6. The van der Waals surface area contributed by atoms with Gasteiger partial charge in [-0.1, -0.05) is 0 Å². The van der Waals surface area contributed by atoms with Gasteiger partial charge in [-0.25, -0.2) is 9.69 Å². The van der Waals surface area contributed by atoms with E-state index in [9.17, 15) is 24.5 Å². The largest absolute Gasteiger partial charge is 0.335 e. The molecule has 1 aromatic rings. The van der Waals surface area contributed by atoms with Crippen molar-refractivity contribution in [2.24, 2.45) is 0 Å². The number of amides is 4. The number of hydrogen-bond acceptors (Lipinski definition) is 5. The van der Waals surface area contributed by atoms with E-state index in [2.05, 4.69) is 0 Å². The molecule has 1 aliphatic rings. The quantitative estimate of drug-likeness (QED) is 0.483. The number of imide groups is 2. The number of nitrogens with one attached hydrogen (secondary N) is 1. The van der Waals surface area contributed by atoms with Crippen LogP contribution in [0, 0.1) is 17.0 Å². The maximum absolute atomic E-state index is 11.7. The molecule has 19 heavy (non-hydrogen) atoms. The number of carbonyl (C=O) groups excluding carboxylic acids is 3. The normalized spacial score (nSPS) is 15.4. The summed E-state index contributed by atoms with van der Waals surface area (Å²) >= 11 is 0. The van der Waals surface area contributed by atoms with Crippen LogP contribution in [0.3, 0.4) is 0 Å². The van der Waals surface area contributed by atoms with Crippen LogP contribution in [0.5, 0.6) is 0 Å². The smallest absolute Gasteiger partial charge is 0.277 e. The van der Waals surface area contributed by atoms with Gasteiger partial charge in [-0.15, -0.1) is 0 Å². The van der Waals surface area contributed by atoms with Crippen LogP contribution in [-0.2, 0) is 9.59 Å². The summed E-state index contributed by atoms with van der Waals surface area (Å²) < 4.78 is 0. The molecule has 1 saturated heterocycles. The fourth-order valence-electron chi connectivity index (χ4n) is 1.79. The maximum atomic E-state index is 11.7. The van der Waals surface area contributed by atoms with E-state index < -0.39 is 29.2 Å². The van der Waals surface area contributed by atoms with E-state index in [1.165, 1.54) is 25.1 Å². The number of rotatable bonds is 2. The Balaban J connectivity index is 2.39. The van der Waals surface area contributed by atoms with Crippen molar-refractivity contribution in [1.29, 1.82) is 0 Å². The molecule has 0 spiro atoms. The van der Waals surface area contributed by atoms with E-state index in [1.54, 1.807) is 0 Å². The zero-order valence-electron chi connectivity index (χ0n) is 9.87. The fraction of sp³-hybridized carbons (Fsp3) is 0.182. The molecule has 0 aliphatic carbocycles. The molecule has 2 rings (SSSR count). The average molecular weight is 263 g/mol. The molecule has 1 aromatic carbocycles. The predicted molar refractivity (Wildman–Crippen MR) is 63.5 cm³/mol. The van der Waals surface area contributed by atoms with Crippen LogP contribution in [0.2, 0.25) is 0 Å². The highest BCUT2D eigenvalue weighted by Crippen LogP contribution is 2.25. The Bertz CT molecular complexity index is 590.